The zero-order valence-electron chi connectivity index (χ0n) is 10.8. The van der Waals surface area contributed by atoms with Gasteiger partial charge in [0, 0.05) is 35.7 Å². The van der Waals surface area contributed by atoms with Crippen LogP contribution in [-0.4, -0.2) is 34.1 Å². The van der Waals surface area contributed by atoms with Gasteiger partial charge in [-0.2, -0.15) is 0 Å². The first-order valence-electron chi connectivity index (χ1n) is 6.30. The van der Waals surface area contributed by atoms with Crippen molar-refractivity contribution in [2.75, 3.05) is 13.1 Å². The molecule has 2 atom stereocenters. The van der Waals surface area contributed by atoms with Crippen molar-refractivity contribution < 1.29 is 10.0 Å². The molecule has 6 heteroatoms. The van der Waals surface area contributed by atoms with E-state index in [1.165, 1.54) is 6.07 Å². The minimum atomic E-state index is -0.345. The van der Waals surface area contributed by atoms with Crippen LogP contribution < -0.4 is 0 Å². The van der Waals surface area contributed by atoms with E-state index in [0.29, 0.717) is 11.0 Å². The van der Waals surface area contributed by atoms with Crippen LogP contribution in [0.5, 0.6) is 0 Å². The molecule has 0 radical (unpaired) electrons. The fourth-order valence-corrected chi connectivity index (χ4v) is 2.79. The Hall–Kier alpha value is -0.980. The maximum absolute atomic E-state index is 11.1. The third-order valence-corrected chi connectivity index (χ3v) is 4.08. The summed E-state index contributed by atoms with van der Waals surface area (Å²) >= 11 is 3.26. The number of likely N-dealkylation sites (tertiary alicyclic amines) is 1. The highest BCUT2D eigenvalue weighted by Gasteiger charge is 2.25. The first-order chi connectivity index (χ1) is 8.97. The SMILES string of the molecule is CC1CN(Cc2ccc(Br)cc2[N+](=O)[O-])CCC1O. The number of aliphatic hydroxyl groups excluding tert-OH is 1. The van der Waals surface area contributed by atoms with E-state index in [-0.39, 0.29) is 22.6 Å². The predicted molar refractivity (Wildman–Crippen MR) is 75.9 cm³/mol. The van der Waals surface area contributed by atoms with E-state index in [0.717, 1.165) is 25.1 Å². The van der Waals surface area contributed by atoms with Gasteiger partial charge in [0.25, 0.3) is 5.69 Å². The van der Waals surface area contributed by atoms with Crippen molar-refractivity contribution in [1.29, 1.82) is 0 Å². The Morgan fingerprint density at radius 2 is 2.32 bits per heavy atom. The van der Waals surface area contributed by atoms with Crippen molar-refractivity contribution in [2.45, 2.75) is 26.0 Å². The van der Waals surface area contributed by atoms with Crippen LogP contribution in [-0.2, 0) is 6.54 Å². The highest BCUT2D eigenvalue weighted by Crippen LogP contribution is 2.26. The summed E-state index contributed by atoms with van der Waals surface area (Å²) in [5.41, 5.74) is 0.866. The van der Waals surface area contributed by atoms with Gasteiger partial charge in [-0.1, -0.05) is 22.9 Å². The second-order valence-electron chi connectivity index (χ2n) is 5.10. The molecule has 1 saturated heterocycles. The summed E-state index contributed by atoms with van der Waals surface area (Å²) in [6.45, 7) is 4.11. The third kappa shape index (κ3) is 3.52. The van der Waals surface area contributed by atoms with Crippen LogP contribution in [0.1, 0.15) is 18.9 Å². The van der Waals surface area contributed by atoms with E-state index in [4.69, 9.17) is 0 Å². The number of rotatable bonds is 3. The molecule has 1 N–H and O–H groups in total. The summed E-state index contributed by atoms with van der Waals surface area (Å²) < 4.78 is 0.713. The molecular weight excluding hydrogens is 312 g/mol. The summed E-state index contributed by atoms with van der Waals surface area (Å²) in [7, 11) is 0. The van der Waals surface area contributed by atoms with Crippen LogP contribution >= 0.6 is 15.9 Å². The average Bonchev–Trinajstić information content (AvgIpc) is 2.36. The van der Waals surface area contributed by atoms with Crippen molar-refractivity contribution in [3.8, 4) is 0 Å². The van der Waals surface area contributed by atoms with Gasteiger partial charge >= 0.3 is 0 Å². The van der Waals surface area contributed by atoms with Gasteiger partial charge in [0.1, 0.15) is 0 Å². The lowest BCUT2D eigenvalue weighted by Gasteiger charge is -2.34. The fourth-order valence-electron chi connectivity index (χ4n) is 2.44. The van der Waals surface area contributed by atoms with Gasteiger partial charge < -0.3 is 5.11 Å². The minimum Gasteiger partial charge on any atom is -0.393 e. The van der Waals surface area contributed by atoms with Crippen molar-refractivity contribution in [3.05, 3.63) is 38.3 Å². The zero-order valence-corrected chi connectivity index (χ0v) is 12.3. The summed E-state index contributed by atoms with van der Waals surface area (Å²) in [4.78, 5) is 12.9. The second-order valence-corrected chi connectivity index (χ2v) is 6.01. The van der Waals surface area contributed by atoms with Crippen molar-refractivity contribution in [1.82, 2.24) is 4.90 Å². The molecule has 0 saturated carbocycles. The Kier molecular flexibility index (Phi) is 4.54. The zero-order chi connectivity index (χ0) is 14.0. The molecule has 2 unspecified atom stereocenters. The van der Waals surface area contributed by atoms with Gasteiger partial charge in [-0.15, -0.1) is 0 Å². The molecule has 0 amide bonds. The molecule has 2 rings (SSSR count). The molecule has 104 valence electrons. The topological polar surface area (TPSA) is 66.6 Å². The van der Waals surface area contributed by atoms with Gasteiger partial charge in [0.2, 0.25) is 0 Å². The maximum Gasteiger partial charge on any atom is 0.275 e. The summed E-state index contributed by atoms with van der Waals surface area (Å²) in [6, 6.07) is 5.15. The first kappa shape index (κ1) is 14.4. The van der Waals surface area contributed by atoms with E-state index in [2.05, 4.69) is 20.8 Å². The molecule has 0 aromatic heterocycles. The molecule has 1 aromatic carbocycles. The molecule has 5 nitrogen and oxygen atoms in total. The largest absolute Gasteiger partial charge is 0.393 e. The van der Waals surface area contributed by atoms with Crippen molar-refractivity contribution >= 4 is 21.6 Å². The van der Waals surface area contributed by atoms with Gasteiger partial charge in [-0.3, -0.25) is 15.0 Å². The summed E-state index contributed by atoms with van der Waals surface area (Å²) in [6.07, 6.45) is 0.474. The molecule has 1 aliphatic heterocycles. The number of aliphatic hydroxyl groups is 1. The lowest BCUT2D eigenvalue weighted by Crippen LogP contribution is -2.41. The lowest BCUT2D eigenvalue weighted by atomic mass is 9.96. The van der Waals surface area contributed by atoms with Crippen LogP contribution in [0.3, 0.4) is 0 Å². The number of nitrogens with zero attached hydrogens (tertiary/aromatic N) is 2. The van der Waals surface area contributed by atoms with Crippen LogP contribution in [0.2, 0.25) is 0 Å². The number of nitro groups is 1. The molecule has 19 heavy (non-hydrogen) atoms. The summed E-state index contributed by atoms with van der Waals surface area (Å²) in [5.74, 6) is 0.211. The third-order valence-electron chi connectivity index (χ3n) is 3.58. The highest BCUT2D eigenvalue weighted by atomic mass is 79.9. The highest BCUT2D eigenvalue weighted by molar-refractivity contribution is 9.10. The van der Waals surface area contributed by atoms with E-state index in [9.17, 15) is 15.2 Å². The lowest BCUT2D eigenvalue weighted by molar-refractivity contribution is -0.385. The first-order valence-corrected chi connectivity index (χ1v) is 7.10. The van der Waals surface area contributed by atoms with Gasteiger partial charge in [0.15, 0.2) is 0 Å². The quantitative estimate of drug-likeness (QED) is 0.684. The smallest absolute Gasteiger partial charge is 0.275 e. The molecule has 1 fully saturated rings. The molecule has 0 bridgehead atoms. The number of piperidine rings is 1. The van der Waals surface area contributed by atoms with E-state index < -0.39 is 0 Å². The number of benzene rings is 1. The number of hydrogen-bond acceptors (Lipinski definition) is 4. The Balaban J connectivity index is 2.13. The molecular formula is C13H17BrN2O3. The van der Waals surface area contributed by atoms with Crippen molar-refractivity contribution in [2.24, 2.45) is 5.92 Å². The van der Waals surface area contributed by atoms with Crippen LogP contribution in [0, 0.1) is 16.0 Å². The van der Waals surface area contributed by atoms with E-state index in [1.807, 2.05) is 13.0 Å². The Labute approximate surface area is 120 Å². The van der Waals surface area contributed by atoms with Crippen LogP contribution in [0.25, 0.3) is 0 Å². The van der Waals surface area contributed by atoms with Gasteiger partial charge in [-0.05, 0) is 24.5 Å². The Bertz CT molecular complexity index is 481. The molecule has 0 spiro atoms. The normalized spacial score (nSPS) is 24.4. The summed E-state index contributed by atoms with van der Waals surface area (Å²) in [5, 5.41) is 20.8. The van der Waals surface area contributed by atoms with Crippen LogP contribution in [0.4, 0.5) is 5.69 Å². The average molecular weight is 329 g/mol. The Morgan fingerprint density at radius 1 is 1.58 bits per heavy atom. The van der Waals surface area contributed by atoms with Crippen LogP contribution in [0.15, 0.2) is 22.7 Å². The molecule has 0 aliphatic carbocycles. The predicted octanol–water partition coefficient (Wildman–Crippen LogP) is 2.56. The van der Waals surface area contributed by atoms with Gasteiger partial charge in [0.05, 0.1) is 11.0 Å². The van der Waals surface area contributed by atoms with E-state index in [1.54, 1.807) is 6.07 Å². The minimum absolute atomic E-state index is 0.146. The molecule has 1 heterocycles. The number of hydrogen-bond donors (Lipinski definition) is 1. The monoisotopic (exact) mass is 328 g/mol. The molecule has 1 aromatic rings. The van der Waals surface area contributed by atoms with Gasteiger partial charge in [-0.25, -0.2) is 0 Å². The van der Waals surface area contributed by atoms with Crippen molar-refractivity contribution in [3.63, 3.8) is 0 Å². The molecule has 1 aliphatic rings. The second kappa shape index (κ2) is 5.98. The number of halogens is 1. The standard InChI is InChI=1S/C13H17BrN2O3/c1-9-7-15(5-4-13(9)17)8-10-2-3-11(14)6-12(10)16(18)19/h2-3,6,9,13,17H,4-5,7-8H2,1H3. The fraction of sp³-hybridized carbons (Fsp3) is 0.538. The maximum atomic E-state index is 11.1. The van der Waals surface area contributed by atoms with E-state index >= 15 is 0 Å². The Morgan fingerprint density at radius 3 is 2.95 bits per heavy atom. The number of nitro benzene ring substituents is 1.